The van der Waals surface area contributed by atoms with Crippen molar-refractivity contribution in [3.05, 3.63) is 70.3 Å². The van der Waals surface area contributed by atoms with Crippen molar-refractivity contribution in [1.82, 2.24) is 10.6 Å². The van der Waals surface area contributed by atoms with Gasteiger partial charge in [0.1, 0.15) is 6.29 Å². The average molecular weight is 381 g/mol. The monoisotopic (exact) mass is 380 g/mol. The van der Waals surface area contributed by atoms with E-state index in [1.807, 2.05) is 12.1 Å². The minimum atomic E-state index is 0.164. The number of hydrogen-bond acceptors (Lipinski definition) is 2. The number of rotatable bonds is 4. The molecule has 0 aromatic heterocycles. The summed E-state index contributed by atoms with van der Waals surface area (Å²) < 4.78 is 0. The summed E-state index contributed by atoms with van der Waals surface area (Å²) in [5.74, 6) is 0. The lowest BCUT2D eigenvalue weighted by atomic mass is 9.86. The van der Waals surface area contributed by atoms with E-state index in [0.29, 0.717) is 11.7 Å². The van der Waals surface area contributed by atoms with E-state index in [4.69, 9.17) is 12.2 Å². The highest BCUT2D eigenvalue weighted by molar-refractivity contribution is 7.80. The van der Waals surface area contributed by atoms with Crippen molar-refractivity contribution >= 4 is 23.6 Å². The Bertz CT molecular complexity index is 821. The standard InChI is InChI=1S/C23H28N2OS/c1-23(2,3)19-11-8-16(9-12-19)14-24-22(27)25-21-6-4-5-18-10-7-17(15-26)13-20(18)21/h7-13,15,21H,4-6,14H2,1-3H3,(H2,24,25,27). The number of carbonyl (C=O) groups excluding carboxylic acids is 1. The van der Waals surface area contributed by atoms with Crippen LogP contribution in [0, 0.1) is 0 Å². The molecule has 1 atom stereocenters. The number of hydrogen-bond donors (Lipinski definition) is 2. The first-order valence-electron chi connectivity index (χ1n) is 9.58. The topological polar surface area (TPSA) is 41.1 Å². The maximum atomic E-state index is 11.1. The largest absolute Gasteiger partial charge is 0.359 e. The van der Waals surface area contributed by atoms with Crippen molar-refractivity contribution in [2.45, 2.75) is 58.0 Å². The van der Waals surface area contributed by atoms with Crippen LogP contribution in [0.3, 0.4) is 0 Å². The second-order valence-electron chi connectivity index (χ2n) is 8.29. The van der Waals surface area contributed by atoms with Gasteiger partial charge in [0, 0.05) is 12.1 Å². The van der Waals surface area contributed by atoms with Gasteiger partial charge in [0.15, 0.2) is 5.11 Å². The molecule has 3 rings (SSSR count). The molecule has 0 saturated carbocycles. The summed E-state index contributed by atoms with van der Waals surface area (Å²) in [7, 11) is 0. The Labute approximate surface area is 167 Å². The average Bonchev–Trinajstić information content (AvgIpc) is 2.66. The number of nitrogens with one attached hydrogen (secondary N) is 2. The van der Waals surface area contributed by atoms with E-state index in [1.165, 1.54) is 22.3 Å². The lowest BCUT2D eigenvalue weighted by Gasteiger charge is -2.28. The van der Waals surface area contributed by atoms with Gasteiger partial charge in [-0.1, -0.05) is 57.2 Å². The van der Waals surface area contributed by atoms with E-state index in [0.717, 1.165) is 31.1 Å². The Balaban J connectivity index is 1.60. The fourth-order valence-electron chi connectivity index (χ4n) is 3.56. The fraction of sp³-hybridized carbons (Fsp3) is 0.391. The van der Waals surface area contributed by atoms with Gasteiger partial charge in [-0.15, -0.1) is 0 Å². The van der Waals surface area contributed by atoms with Gasteiger partial charge in [-0.3, -0.25) is 4.79 Å². The second-order valence-corrected chi connectivity index (χ2v) is 8.70. The fourth-order valence-corrected chi connectivity index (χ4v) is 3.77. The highest BCUT2D eigenvalue weighted by Gasteiger charge is 2.21. The maximum absolute atomic E-state index is 11.1. The molecule has 3 nitrogen and oxygen atoms in total. The molecule has 1 unspecified atom stereocenters. The number of aryl methyl sites for hydroxylation is 1. The zero-order valence-corrected chi connectivity index (χ0v) is 17.2. The summed E-state index contributed by atoms with van der Waals surface area (Å²) >= 11 is 5.52. The van der Waals surface area contributed by atoms with Gasteiger partial charge in [-0.2, -0.15) is 0 Å². The van der Waals surface area contributed by atoms with Crippen molar-refractivity contribution in [2.24, 2.45) is 0 Å². The third kappa shape index (κ3) is 4.95. The van der Waals surface area contributed by atoms with Gasteiger partial charge in [-0.05, 0) is 65.2 Å². The molecular weight excluding hydrogens is 352 g/mol. The van der Waals surface area contributed by atoms with Crippen molar-refractivity contribution < 1.29 is 4.79 Å². The van der Waals surface area contributed by atoms with Crippen LogP contribution >= 0.6 is 12.2 Å². The molecule has 0 amide bonds. The van der Waals surface area contributed by atoms with Crippen molar-refractivity contribution in [3.63, 3.8) is 0 Å². The molecule has 1 aliphatic rings. The van der Waals surface area contributed by atoms with Crippen molar-refractivity contribution in [1.29, 1.82) is 0 Å². The summed E-state index contributed by atoms with van der Waals surface area (Å²) in [5, 5.41) is 7.41. The summed E-state index contributed by atoms with van der Waals surface area (Å²) in [5.41, 5.74) is 5.93. The first-order chi connectivity index (χ1) is 12.9. The SMILES string of the molecule is CC(C)(C)c1ccc(CNC(=S)NC2CCCc3ccc(C=O)cc32)cc1. The Kier molecular flexibility index (Phi) is 5.95. The summed E-state index contributed by atoms with van der Waals surface area (Å²) in [6.45, 7) is 7.36. The van der Waals surface area contributed by atoms with Crippen LogP contribution < -0.4 is 10.6 Å². The molecule has 2 N–H and O–H groups in total. The second kappa shape index (κ2) is 8.22. The van der Waals surface area contributed by atoms with Gasteiger partial charge in [-0.25, -0.2) is 0 Å². The molecule has 0 aliphatic heterocycles. The number of thiocarbonyl (C=S) groups is 1. The number of benzene rings is 2. The van der Waals surface area contributed by atoms with Crippen LogP contribution in [0.15, 0.2) is 42.5 Å². The Morgan fingerprint density at radius 1 is 1.19 bits per heavy atom. The van der Waals surface area contributed by atoms with Crippen molar-refractivity contribution in [2.75, 3.05) is 0 Å². The molecule has 1 aliphatic carbocycles. The molecular formula is C23H28N2OS. The Hall–Kier alpha value is -2.20. The lowest BCUT2D eigenvalue weighted by molar-refractivity contribution is 0.112. The maximum Gasteiger partial charge on any atom is 0.167 e. The highest BCUT2D eigenvalue weighted by atomic mass is 32.1. The van der Waals surface area contributed by atoms with Crippen LogP contribution in [0.1, 0.15) is 72.3 Å². The number of fused-ring (bicyclic) bond motifs is 1. The minimum Gasteiger partial charge on any atom is -0.359 e. The van der Waals surface area contributed by atoms with Crippen LogP contribution in [0.2, 0.25) is 0 Å². The Morgan fingerprint density at radius 3 is 2.59 bits per heavy atom. The summed E-state index contributed by atoms with van der Waals surface area (Å²) in [6.07, 6.45) is 4.12. The molecule has 2 aromatic carbocycles. The third-order valence-electron chi connectivity index (χ3n) is 5.20. The normalized spacial score (nSPS) is 16.3. The van der Waals surface area contributed by atoms with E-state index in [2.05, 4.69) is 61.7 Å². The predicted molar refractivity (Wildman–Crippen MR) is 115 cm³/mol. The summed E-state index contributed by atoms with van der Waals surface area (Å²) in [4.78, 5) is 11.1. The van der Waals surface area contributed by atoms with Crippen LogP contribution in [0.5, 0.6) is 0 Å². The molecule has 0 fully saturated rings. The van der Waals surface area contributed by atoms with Gasteiger partial charge < -0.3 is 10.6 Å². The summed E-state index contributed by atoms with van der Waals surface area (Å²) in [6, 6.07) is 14.8. The van der Waals surface area contributed by atoms with Crippen LogP contribution in [-0.2, 0) is 18.4 Å². The third-order valence-corrected chi connectivity index (χ3v) is 5.46. The lowest BCUT2D eigenvalue weighted by Crippen LogP contribution is -2.38. The van der Waals surface area contributed by atoms with Gasteiger partial charge in [0.25, 0.3) is 0 Å². The molecule has 0 radical (unpaired) electrons. The van der Waals surface area contributed by atoms with E-state index < -0.39 is 0 Å². The molecule has 0 saturated heterocycles. The number of aldehydes is 1. The predicted octanol–water partition coefficient (Wildman–Crippen LogP) is 4.84. The molecule has 0 spiro atoms. The van der Waals surface area contributed by atoms with E-state index in [-0.39, 0.29) is 11.5 Å². The van der Waals surface area contributed by atoms with Gasteiger partial charge in [0.05, 0.1) is 6.04 Å². The van der Waals surface area contributed by atoms with Crippen LogP contribution in [-0.4, -0.2) is 11.4 Å². The van der Waals surface area contributed by atoms with E-state index in [1.54, 1.807) is 0 Å². The number of carbonyl (C=O) groups is 1. The van der Waals surface area contributed by atoms with E-state index >= 15 is 0 Å². The molecule has 27 heavy (non-hydrogen) atoms. The van der Waals surface area contributed by atoms with Crippen LogP contribution in [0.4, 0.5) is 0 Å². The smallest absolute Gasteiger partial charge is 0.167 e. The molecule has 0 heterocycles. The van der Waals surface area contributed by atoms with Crippen molar-refractivity contribution in [3.8, 4) is 0 Å². The molecule has 4 heteroatoms. The highest BCUT2D eigenvalue weighted by Crippen LogP contribution is 2.30. The zero-order chi connectivity index (χ0) is 19.4. The first-order valence-corrected chi connectivity index (χ1v) is 9.99. The minimum absolute atomic E-state index is 0.164. The molecule has 0 bridgehead atoms. The quantitative estimate of drug-likeness (QED) is 0.588. The first kappa shape index (κ1) is 19.6. The van der Waals surface area contributed by atoms with Gasteiger partial charge >= 0.3 is 0 Å². The van der Waals surface area contributed by atoms with E-state index in [9.17, 15) is 4.79 Å². The van der Waals surface area contributed by atoms with Gasteiger partial charge in [0.2, 0.25) is 0 Å². The molecule has 142 valence electrons. The molecule has 2 aromatic rings. The van der Waals surface area contributed by atoms with Crippen LogP contribution in [0.25, 0.3) is 0 Å². The Morgan fingerprint density at radius 2 is 1.93 bits per heavy atom. The zero-order valence-electron chi connectivity index (χ0n) is 16.3.